The molecule has 1 aromatic carbocycles. The molecule has 6 nitrogen and oxygen atoms in total. The first kappa shape index (κ1) is 21.4. The predicted molar refractivity (Wildman–Crippen MR) is 104 cm³/mol. The molecule has 2 aliphatic rings. The fourth-order valence-electron chi connectivity index (χ4n) is 3.86. The van der Waals surface area contributed by atoms with Crippen LogP contribution in [0.1, 0.15) is 12.0 Å². The lowest BCUT2D eigenvalue weighted by Crippen LogP contribution is -2.55. The van der Waals surface area contributed by atoms with Crippen LogP contribution in [-0.4, -0.2) is 60.9 Å². The van der Waals surface area contributed by atoms with Crippen molar-refractivity contribution in [1.29, 1.82) is 0 Å². The SMILES string of the molecule is O=S(=O)(c1cccc(C(F)(F)F)c1)N1CCN2CCC(Oc3ccc(Cl)cn3)C2C1. The monoisotopic (exact) mass is 461 g/mol. The molecule has 0 amide bonds. The Morgan fingerprint density at radius 3 is 2.63 bits per heavy atom. The summed E-state index contributed by atoms with van der Waals surface area (Å²) in [6.07, 6.45) is -2.72. The molecule has 0 bridgehead atoms. The van der Waals surface area contributed by atoms with E-state index in [1.54, 1.807) is 12.1 Å². The topological polar surface area (TPSA) is 62.7 Å². The number of pyridine rings is 1. The van der Waals surface area contributed by atoms with Crippen LogP contribution in [-0.2, 0) is 16.2 Å². The summed E-state index contributed by atoms with van der Waals surface area (Å²) in [6.45, 7) is 1.58. The zero-order chi connectivity index (χ0) is 21.5. The second-order valence-electron chi connectivity index (χ2n) is 7.25. The number of nitrogens with zero attached hydrogens (tertiary/aromatic N) is 3. The van der Waals surface area contributed by atoms with Gasteiger partial charge in [0.05, 0.1) is 21.5 Å². The number of benzene rings is 1. The van der Waals surface area contributed by atoms with Gasteiger partial charge in [0.1, 0.15) is 6.10 Å². The van der Waals surface area contributed by atoms with Crippen molar-refractivity contribution in [2.75, 3.05) is 26.2 Å². The normalized spacial score (nSPS) is 23.3. The summed E-state index contributed by atoms with van der Waals surface area (Å²) in [7, 11) is -4.07. The van der Waals surface area contributed by atoms with Crippen LogP contribution in [0.15, 0.2) is 47.5 Å². The van der Waals surface area contributed by atoms with E-state index in [4.69, 9.17) is 16.3 Å². The predicted octanol–water partition coefficient (Wildman–Crippen LogP) is 3.28. The Bertz CT molecular complexity index is 1020. The van der Waals surface area contributed by atoms with Crippen molar-refractivity contribution in [2.45, 2.75) is 29.6 Å². The maximum Gasteiger partial charge on any atom is 0.416 e. The molecule has 0 N–H and O–H groups in total. The van der Waals surface area contributed by atoms with Crippen LogP contribution in [0, 0.1) is 0 Å². The number of piperazine rings is 1. The first-order valence-corrected chi connectivity index (χ1v) is 11.2. The molecule has 3 heterocycles. The van der Waals surface area contributed by atoms with Crippen molar-refractivity contribution < 1.29 is 26.3 Å². The largest absolute Gasteiger partial charge is 0.473 e. The highest BCUT2D eigenvalue weighted by molar-refractivity contribution is 7.89. The molecule has 0 saturated carbocycles. The fraction of sp³-hybridized carbons (Fsp3) is 0.421. The summed E-state index contributed by atoms with van der Waals surface area (Å²) >= 11 is 5.84. The highest BCUT2D eigenvalue weighted by atomic mass is 35.5. The Labute approximate surface area is 177 Å². The van der Waals surface area contributed by atoms with Crippen molar-refractivity contribution in [1.82, 2.24) is 14.2 Å². The minimum atomic E-state index is -4.61. The van der Waals surface area contributed by atoms with Gasteiger partial charge in [-0.15, -0.1) is 0 Å². The van der Waals surface area contributed by atoms with E-state index in [2.05, 4.69) is 9.88 Å². The van der Waals surface area contributed by atoms with Gasteiger partial charge in [0.2, 0.25) is 15.9 Å². The standard InChI is InChI=1S/C19H19ClF3N3O3S/c20-14-4-5-18(24-11-14)29-17-6-7-25-8-9-26(12-16(17)25)30(27,28)15-3-1-2-13(10-15)19(21,22)23/h1-5,10-11,16-17H,6-9,12H2. The molecule has 1 aromatic heterocycles. The molecule has 4 rings (SSSR count). The molecular weight excluding hydrogens is 443 g/mol. The molecule has 2 aromatic rings. The molecule has 2 fully saturated rings. The molecule has 0 spiro atoms. The first-order valence-electron chi connectivity index (χ1n) is 9.34. The number of fused-ring (bicyclic) bond motifs is 1. The summed E-state index contributed by atoms with van der Waals surface area (Å²) in [5.41, 5.74) is -0.988. The van der Waals surface area contributed by atoms with Gasteiger partial charge in [0, 0.05) is 38.4 Å². The van der Waals surface area contributed by atoms with Crippen LogP contribution >= 0.6 is 11.6 Å². The maximum atomic E-state index is 13.0. The molecule has 30 heavy (non-hydrogen) atoms. The molecule has 2 unspecified atom stereocenters. The third-order valence-electron chi connectivity index (χ3n) is 5.40. The summed E-state index contributed by atoms with van der Waals surface area (Å²) in [6, 6.07) is 6.93. The van der Waals surface area contributed by atoms with Crippen molar-refractivity contribution in [3.05, 3.63) is 53.2 Å². The second kappa shape index (κ2) is 7.99. The van der Waals surface area contributed by atoms with Gasteiger partial charge in [0.25, 0.3) is 0 Å². The molecule has 2 aliphatic heterocycles. The Morgan fingerprint density at radius 1 is 1.13 bits per heavy atom. The van der Waals surface area contributed by atoms with E-state index in [9.17, 15) is 21.6 Å². The van der Waals surface area contributed by atoms with Crippen molar-refractivity contribution in [3.63, 3.8) is 0 Å². The van der Waals surface area contributed by atoms with Crippen LogP contribution in [0.25, 0.3) is 0 Å². The number of hydrogen-bond donors (Lipinski definition) is 0. The number of alkyl halides is 3. The first-order chi connectivity index (χ1) is 14.1. The summed E-state index contributed by atoms with van der Waals surface area (Å²) in [4.78, 5) is 5.89. The van der Waals surface area contributed by atoms with Gasteiger partial charge in [-0.2, -0.15) is 17.5 Å². The van der Waals surface area contributed by atoms with Crippen molar-refractivity contribution in [3.8, 4) is 5.88 Å². The van der Waals surface area contributed by atoms with E-state index < -0.39 is 21.8 Å². The van der Waals surface area contributed by atoms with Gasteiger partial charge < -0.3 is 4.74 Å². The Balaban J connectivity index is 1.53. The van der Waals surface area contributed by atoms with Crippen molar-refractivity contribution >= 4 is 21.6 Å². The average molecular weight is 462 g/mol. The Hall–Kier alpha value is -1.88. The van der Waals surface area contributed by atoms with Crippen molar-refractivity contribution in [2.24, 2.45) is 0 Å². The van der Waals surface area contributed by atoms with Gasteiger partial charge in [-0.3, -0.25) is 4.90 Å². The number of rotatable bonds is 4. The third-order valence-corrected chi connectivity index (χ3v) is 7.48. The van der Waals surface area contributed by atoms with Crippen LogP contribution in [0.3, 0.4) is 0 Å². The van der Waals surface area contributed by atoms with E-state index in [0.717, 1.165) is 18.7 Å². The number of hydrogen-bond acceptors (Lipinski definition) is 5. The molecule has 2 saturated heterocycles. The van der Waals surface area contributed by atoms with Crippen LogP contribution < -0.4 is 4.74 Å². The lowest BCUT2D eigenvalue weighted by Gasteiger charge is -2.38. The highest BCUT2D eigenvalue weighted by Crippen LogP contribution is 2.33. The van der Waals surface area contributed by atoms with E-state index in [0.29, 0.717) is 29.9 Å². The summed E-state index contributed by atoms with van der Waals surface area (Å²) < 4.78 is 72.3. The smallest absolute Gasteiger partial charge is 0.416 e. The minimum absolute atomic E-state index is 0.136. The van der Waals surface area contributed by atoms with E-state index in [-0.39, 0.29) is 30.1 Å². The lowest BCUT2D eigenvalue weighted by molar-refractivity contribution is -0.137. The fourth-order valence-corrected chi connectivity index (χ4v) is 5.47. The molecular formula is C19H19ClF3N3O3S. The van der Waals surface area contributed by atoms with Crippen LogP contribution in [0.5, 0.6) is 5.88 Å². The number of sulfonamides is 1. The summed E-state index contributed by atoms with van der Waals surface area (Å²) in [5, 5.41) is 0.478. The molecule has 11 heteroatoms. The summed E-state index contributed by atoms with van der Waals surface area (Å²) in [5.74, 6) is 0.393. The molecule has 2 atom stereocenters. The van der Waals surface area contributed by atoms with Gasteiger partial charge in [-0.05, 0) is 30.7 Å². The second-order valence-corrected chi connectivity index (χ2v) is 9.63. The van der Waals surface area contributed by atoms with Gasteiger partial charge >= 0.3 is 6.18 Å². The Morgan fingerprint density at radius 2 is 1.93 bits per heavy atom. The van der Waals surface area contributed by atoms with E-state index in [1.165, 1.54) is 16.6 Å². The third kappa shape index (κ3) is 4.27. The zero-order valence-corrected chi connectivity index (χ0v) is 17.3. The minimum Gasteiger partial charge on any atom is -0.473 e. The van der Waals surface area contributed by atoms with Gasteiger partial charge in [0.15, 0.2) is 0 Å². The maximum absolute atomic E-state index is 13.0. The Kier molecular flexibility index (Phi) is 5.69. The molecule has 0 radical (unpaired) electrons. The number of halogens is 4. The highest BCUT2D eigenvalue weighted by Gasteiger charge is 2.43. The molecule has 0 aliphatic carbocycles. The zero-order valence-electron chi connectivity index (χ0n) is 15.7. The van der Waals surface area contributed by atoms with Gasteiger partial charge in [-0.25, -0.2) is 13.4 Å². The van der Waals surface area contributed by atoms with E-state index in [1.807, 2.05) is 0 Å². The quantitative estimate of drug-likeness (QED) is 0.699. The average Bonchev–Trinajstić information content (AvgIpc) is 3.11. The van der Waals surface area contributed by atoms with Crippen LogP contribution in [0.2, 0.25) is 5.02 Å². The number of aromatic nitrogens is 1. The van der Waals surface area contributed by atoms with Gasteiger partial charge in [-0.1, -0.05) is 17.7 Å². The molecule has 162 valence electrons. The lowest BCUT2D eigenvalue weighted by atomic mass is 10.1. The number of ether oxygens (including phenoxy) is 1. The van der Waals surface area contributed by atoms with Crippen LogP contribution in [0.4, 0.5) is 13.2 Å². The van der Waals surface area contributed by atoms with E-state index >= 15 is 0 Å².